The third-order valence-electron chi connectivity index (χ3n) is 2.88. The van der Waals surface area contributed by atoms with E-state index in [0.717, 1.165) is 17.0 Å². The Morgan fingerprint density at radius 2 is 1.84 bits per heavy atom. The molecule has 0 aromatic heterocycles. The zero-order valence-electron chi connectivity index (χ0n) is 10.0. The Kier molecular flexibility index (Phi) is 3.46. The molecule has 1 unspecified atom stereocenters. The molecule has 1 N–H and O–H groups in total. The first kappa shape index (κ1) is 13.4. The molecule has 19 heavy (non-hydrogen) atoms. The summed E-state index contributed by atoms with van der Waals surface area (Å²) in [7, 11) is 0. The lowest BCUT2D eigenvalue weighted by atomic mass is 10.2. The molecular weight excluding hydrogens is 261 g/mol. The summed E-state index contributed by atoms with van der Waals surface area (Å²) >= 11 is 0. The van der Waals surface area contributed by atoms with Crippen LogP contribution in [0.4, 0.5) is 18.9 Å². The number of nitrogens with zero attached hydrogens (tertiary/aromatic N) is 1. The van der Waals surface area contributed by atoms with Gasteiger partial charge in [-0.15, -0.1) is 0 Å². The minimum Gasteiger partial charge on any atom is -0.373 e. The standard InChI is InChI=1S/C12H11F3N2O2/c1-2-17-10(18)5-9(12(17)19)16-6-3-7(13)11(15)8(14)4-6/h3-4,9,16H,2,5H2,1H3. The van der Waals surface area contributed by atoms with Crippen molar-refractivity contribution in [2.45, 2.75) is 19.4 Å². The van der Waals surface area contributed by atoms with E-state index in [4.69, 9.17) is 0 Å². The van der Waals surface area contributed by atoms with Crippen molar-refractivity contribution in [1.29, 1.82) is 0 Å². The van der Waals surface area contributed by atoms with Gasteiger partial charge in [0.15, 0.2) is 17.5 Å². The zero-order valence-corrected chi connectivity index (χ0v) is 10.0. The molecule has 1 fully saturated rings. The molecule has 0 spiro atoms. The van der Waals surface area contributed by atoms with Crippen molar-refractivity contribution in [1.82, 2.24) is 4.90 Å². The summed E-state index contributed by atoms with van der Waals surface area (Å²) in [6.07, 6.45) is -0.0900. The summed E-state index contributed by atoms with van der Waals surface area (Å²) in [6, 6.07) is 0.604. The SMILES string of the molecule is CCN1C(=O)CC(Nc2cc(F)c(F)c(F)c2)C1=O. The average Bonchev–Trinajstić information content (AvgIpc) is 2.61. The molecule has 7 heteroatoms. The molecule has 0 radical (unpaired) electrons. The van der Waals surface area contributed by atoms with Gasteiger partial charge in [-0.3, -0.25) is 14.5 Å². The van der Waals surface area contributed by atoms with Gasteiger partial charge in [0.25, 0.3) is 5.91 Å². The van der Waals surface area contributed by atoms with Gasteiger partial charge >= 0.3 is 0 Å². The number of likely N-dealkylation sites (tertiary alicyclic amines) is 1. The highest BCUT2D eigenvalue weighted by Crippen LogP contribution is 2.21. The number of halogens is 3. The molecule has 2 amide bonds. The van der Waals surface area contributed by atoms with Gasteiger partial charge in [0, 0.05) is 24.4 Å². The van der Waals surface area contributed by atoms with Crippen LogP contribution in [-0.4, -0.2) is 29.3 Å². The minimum absolute atomic E-state index is 0.0829. The van der Waals surface area contributed by atoms with E-state index >= 15 is 0 Å². The van der Waals surface area contributed by atoms with Gasteiger partial charge in [-0.1, -0.05) is 0 Å². The number of likely N-dealkylation sites (N-methyl/N-ethyl adjacent to an activating group) is 1. The highest BCUT2D eigenvalue weighted by atomic mass is 19.2. The van der Waals surface area contributed by atoms with Crippen molar-refractivity contribution < 1.29 is 22.8 Å². The number of carbonyl (C=O) groups is 2. The smallest absolute Gasteiger partial charge is 0.252 e. The molecular formula is C12H11F3N2O2. The summed E-state index contributed by atoms with van der Waals surface area (Å²) in [6.45, 7) is 1.89. The van der Waals surface area contributed by atoms with Crippen LogP contribution in [-0.2, 0) is 9.59 Å². The van der Waals surface area contributed by atoms with E-state index in [1.54, 1.807) is 6.92 Å². The van der Waals surface area contributed by atoms with E-state index in [1.165, 1.54) is 0 Å². The van der Waals surface area contributed by atoms with E-state index in [0.29, 0.717) is 0 Å². The van der Waals surface area contributed by atoms with Gasteiger partial charge in [-0.25, -0.2) is 13.2 Å². The van der Waals surface area contributed by atoms with Gasteiger partial charge in [-0.05, 0) is 6.92 Å². The van der Waals surface area contributed by atoms with Crippen LogP contribution >= 0.6 is 0 Å². The van der Waals surface area contributed by atoms with Crippen LogP contribution in [0, 0.1) is 17.5 Å². The van der Waals surface area contributed by atoms with Crippen LogP contribution in [0.15, 0.2) is 12.1 Å². The molecule has 1 atom stereocenters. The van der Waals surface area contributed by atoms with Gasteiger partial charge in [0.2, 0.25) is 5.91 Å². The number of benzene rings is 1. The molecule has 1 aromatic rings. The number of hydrogen-bond acceptors (Lipinski definition) is 3. The maximum atomic E-state index is 13.0. The second-order valence-electron chi connectivity index (χ2n) is 4.13. The van der Waals surface area contributed by atoms with E-state index in [1.807, 2.05) is 0 Å². The fraction of sp³-hybridized carbons (Fsp3) is 0.333. The minimum atomic E-state index is -1.57. The Hall–Kier alpha value is -2.05. The summed E-state index contributed by atoms with van der Waals surface area (Å²) in [4.78, 5) is 24.3. The quantitative estimate of drug-likeness (QED) is 0.672. The van der Waals surface area contributed by atoms with Gasteiger partial charge in [0.05, 0.1) is 6.42 Å². The summed E-state index contributed by atoms with van der Waals surface area (Å²) < 4.78 is 38.8. The number of imide groups is 1. The molecule has 1 aliphatic heterocycles. The monoisotopic (exact) mass is 272 g/mol. The van der Waals surface area contributed by atoms with Crippen LogP contribution in [0.2, 0.25) is 0 Å². The maximum Gasteiger partial charge on any atom is 0.252 e. The molecule has 1 heterocycles. The lowest BCUT2D eigenvalue weighted by Gasteiger charge is -2.14. The highest BCUT2D eigenvalue weighted by Gasteiger charge is 2.37. The second-order valence-corrected chi connectivity index (χ2v) is 4.13. The fourth-order valence-corrected chi connectivity index (χ4v) is 1.97. The predicted molar refractivity (Wildman–Crippen MR) is 60.7 cm³/mol. The fourth-order valence-electron chi connectivity index (χ4n) is 1.97. The Morgan fingerprint density at radius 3 is 2.32 bits per heavy atom. The zero-order chi connectivity index (χ0) is 14.2. The molecule has 1 aliphatic rings. The number of nitrogens with one attached hydrogen (secondary N) is 1. The van der Waals surface area contributed by atoms with Crippen molar-refractivity contribution >= 4 is 17.5 Å². The predicted octanol–water partition coefficient (Wildman–Crippen LogP) is 1.66. The normalized spacial score (nSPS) is 19.2. The average molecular weight is 272 g/mol. The highest BCUT2D eigenvalue weighted by molar-refractivity contribution is 6.06. The van der Waals surface area contributed by atoms with Crippen LogP contribution in [0.5, 0.6) is 0 Å². The number of carbonyl (C=O) groups excluding carboxylic acids is 2. The van der Waals surface area contributed by atoms with Crippen LogP contribution in [0.3, 0.4) is 0 Å². The largest absolute Gasteiger partial charge is 0.373 e. The molecule has 0 bridgehead atoms. The summed E-state index contributed by atoms with van der Waals surface area (Å²) in [5.74, 6) is -5.10. The Balaban J connectivity index is 2.19. The topological polar surface area (TPSA) is 49.4 Å². The van der Waals surface area contributed by atoms with Crippen LogP contribution in [0.1, 0.15) is 13.3 Å². The number of hydrogen-bond donors (Lipinski definition) is 1. The molecule has 0 saturated carbocycles. The van der Waals surface area contributed by atoms with Crippen LogP contribution in [0.25, 0.3) is 0 Å². The Labute approximate surface area is 107 Å². The summed E-state index contributed by atoms with van der Waals surface area (Å²) in [5.41, 5.74) is -0.0829. The Morgan fingerprint density at radius 1 is 1.26 bits per heavy atom. The van der Waals surface area contributed by atoms with Crippen molar-refractivity contribution in [3.8, 4) is 0 Å². The van der Waals surface area contributed by atoms with E-state index < -0.39 is 29.4 Å². The molecule has 0 aliphatic carbocycles. The van der Waals surface area contributed by atoms with E-state index in [9.17, 15) is 22.8 Å². The molecule has 1 aromatic carbocycles. The number of rotatable bonds is 3. The lowest BCUT2D eigenvalue weighted by Crippen LogP contribution is -2.34. The molecule has 4 nitrogen and oxygen atoms in total. The van der Waals surface area contributed by atoms with E-state index in [-0.39, 0.29) is 24.6 Å². The second kappa shape index (κ2) is 4.91. The third-order valence-corrected chi connectivity index (χ3v) is 2.88. The van der Waals surface area contributed by atoms with Crippen LogP contribution < -0.4 is 5.32 Å². The van der Waals surface area contributed by atoms with Crippen molar-refractivity contribution in [3.63, 3.8) is 0 Å². The lowest BCUT2D eigenvalue weighted by molar-refractivity contribution is -0.138. The molecule has 102 valence electrons. The summed E-state index contributed by atoms with van der Waals surface area (Å²) in [5, 5.41) is 2.54. The number of amides is 2. The Bertz CT molecular complexity index is 525. The van der Waals surface area contributed by atoms with E-state index in [2.05, 4.69) is 5.32 Å². The first-order valence-corrected chi connectivity index (χ1v) is 5.69. The van der Waals surface area contributed by atoms with Crippen molar-refractivity contribution in [2.24, 2.45) is 0 Å². The first-order chi connectivity index (χ1) is 8.93. The molecule has 2 rings (SSSR count). The third kappa shape index (κ3) is 2.40. The van der Waals surface area contributed by atoms with Gasteiger partial charge < -0.3 is 5.32 Å². The number of anilines is 1. The van der Waals surface area contributed by atoms with Gasteiger partial charge in [-0.2, -0.15) is 0 Å². The maximum absolute atomic E-state index is 13.0. The first-order valence-electron chi connectivity index (χ1n) is 5.69. The van der Waals surface area contributed by atoms with Crippen molar-refractivity contribution in [3.05, 3.63) is 29.6 Å². The molecule has 1 saturated heterocycles. The van der Waals surface area contributed by atoms with Crippen molar-refractivity contribution in [2.75, 3.05) is 11.9 Å². The van der Waals surface area contributed by atoms with Gasteiger partial charge in [0.1, 0.15) is 6.04 Å².